The molecular formula is C22H20FN5O2. The number of nitrogens with zero attached hydrogens (tertiary/aromatic N) is 4. The van der Waals surface area contributed by atoms with Crippen molar-refractivity contribution in [3.05, 3.63) is 88.4 Å². The summed E-state index contributed by atoms with van der Waals surface area (Å²) >= 11 is 0. The van der Waals surface area contributed by atoms with Crippen molar-refractivity contribution in [2.45, 2.75) is 26.4 Å². The second-order valence-electron chi connectivity index (χ2n) is 7.09. The minimum Gasteiger partial charge on any atom is -0.348 e. The fourth-order valence-corrected chi connectivity index (χ4v) is 3.42. The second kappa shape index (κ2) is 7.90. The van der Waals surface area contributed by atoms with Gasteiger partial charge in [-0.15, -0.1) is 0 Å². The molecule has 0 bridgehead atoms. The van der Waals surface area contributed by atoms with Crippen molar-refractivity contribution >= 4 is 16.9 Å². The van der Waals surface area contributed by atoms with Crippen molar-refractivity contribution in [2.24, 2.45) is 0 Å². The van der Waals surface area contributed by atoms with Gasteiger partial charge in [-0.3, -0.25) is 14.2 Å². The van der Waals surface area contributed by atoms with E-state index in [1.54, 1.807) is 12.1 Å². The average Bonchev–Trinajstić information content (AvgIpc) is 3.16. The summed E-state index contributed by atoms with van der Waals surface area (Å²) in [5.41, 5.74) is 2.66. The molecule has 0 spiro atoms. The van der Waals surface area contributed by atoms with Gasteiger partial charge in [-0.2, -0.15) is 5.10 Å². The molecule has 7 nitrogen and oxygen atoms in total. The Labute approximate surface area is 171 Å². The number of nitrogens with one attached hydrogen (secondary N) is 1. The maximum atomic E-state index is 13.2. The van der Waals surface area contributed by atoms with Gasteiger partial charge < -0.3 is 5.32 Å². The quantitative estimate of drug-likeness (QED) is 0.554. The van der Waals surface area contributed by atoms with Gasteiger partial charge >= 0.3 is 0 Å². The molecule has 0 radical (unpaired) electrons. The van der Waals surface area contributed by atoms with Crippen LogP contribution >= 0.6 is 0 Å². The van der Waals surface area contributed by atoms with E-state index >= 15 is 0 Å². The number of halogens is 1. The topological polar surface area (TPSA) is 81.8 Å². The molecule has 0 fully saturated rings. The predicted molar refractivity (Wildman–Crippen MR) is 111 cm³/mol. The SMILES string of the molecule is Cc1ccccc1[C@H](C)NC(=O)Cn1cnc2c(cnn2-c2ccc(F)cc2)c1=O. The number of amides is 1. The van der Waals surface area contributed by atoms with Crippen LogP contribution in [0.5, 0.6) is 0 Å². The number of aryl methyl sites for hydroxylation is 1. The molecule has 1 amide bonds. The molecule has 8 heteroatoms. The fourth-order valence-electron chi connectivity index (χ4n) is 3.42. The standard InChI is InChI=1S/C22H20FN5O2/c1-14-5-3-4-6-18(14)15(2)26-20(29)12-27-13-24-21-19(22(27)30)11-25-28(21)17-9-7-16(23)8-10-17/h3-11,13,15H,12H2,1-2H3,(H,26,29)/t15-/m0/s1. The summed E-state index contributed by atoms with van der Waals surface area (Å²) in [5, 5.41) is 7.39. The Morgan fingerprint density at radius 3 is 2.63 bits per heavy atom. The second-order valence-corrected chi connectivity index (χ2v) is 7.09. The van der Waals surface area contributed by atoms with Crippen molar-refractivity contribution < 1.29 is 9.18 Å². The number of rotatable bonds is 5. The zero-order chi connectivity index (χ0) is 21.3. The first-order chi connectivity index (χ1) is 14.4. The van der Waals surface area contributed by atoms with Crippen LogP contribution in [0.4, 0.5) is 4.39 Å². The third kappa shape index (κ3) is 3.71. The first-order valence-electron chi connectivity index (χ1n) is 9.48. The highest BCUT2D eigenvalue weighted by molar-refractivity contribution is 5.78. The van der Waals surface area contributed by atoms with Gasteiger partial charge in [0, 0.05) is 0 Å². The number of benzene rings is 2. The van der Waals surface area contributed by atoms with E-state index in [1.165, 1.54) is 33.9 Å². The van der Waals surface area contributed by atoms with Gasteiger partial charge in [0.25, 0.3) is 5.56 Å². The molecule has 0 unspecified atom stereocenters. The van der Waals surface area contributed by atoms with Crippen LogP contribution in [-0.2, 0) is 11.3 Å². The molecule has 2 heterocycles. The van der Waals surface area contributed by atoms with Gasteiger partial charge in [-0.05, 0) is 49.2 Å². The van der Waals surface area contributed by atoms with Crippen LogP contribution in [0.2, 0.25) is 0 Å². The van der Waals surface area contributed by atoms with E-state index in [0.717, 1.165) is 11.1 Å². The third-order valence-corrected chi connectivity index (χ3v) is 4.97. The summed E-state index contributed by atoms with van der Waals surface area (Å²) in [6, 6.07) is 13.3. The number of fused-ring (bicyclic) bond motifs is 1. The van der Waals surface area contributed by atoms with Crippen molar-refractivity contribution in [3.8, 4) is 5.69 Å². The lowest BCUT2D eigenvalue weighted by Gasteiger charge is -2.17. The predicted octanol–water partition coefficient (Wildman–Crippen LogP) is 2.91. The summed E-state index contributed by atoms with van der Waals surface area (Å²) < 4.78 is 15.9. The molecule has 152 valence electrons. The van der Waals surface area contributed by atoms with Crippen LogP contribution < -0.4 is 10.9 Å². The molecule has 0 aliphatic heterocycles. The van der Waals surface area contributed by atoms with Crippen LogP contribution in [0, 0.1) is 12.7 Å². The Hall–Kier alpha value is -3.81. The summed E-state index contributed by atoms with van der Waals surface area (Å²) in [6.45, 7) is 3.73. The van der Waals surface area contributed by atoms with Gasteiger partial charge in [0.1, 0.15) is 24.1 Å². The minimum atomic E-state index is -0.368. The highest BCUT2D eigenvalue weighted by Gasteiger charge is 2.15. The van der Waals surface area contributed by atoms with Crippen molar-refractivity contribution in [2.75, 3.05) is 0 Å². The Balaban J connectivity index is 1.56. The van der Waals surface area contributed by atoms with Gasteiger partial charge in [0.15, 0.2) is 5.65 Å². The highest BCUT2D eigenvalue weighted by atomic mass is 19.1. The van der Waals surface area contributed by atoms with Crippen LogP contribution in [0.1, 0.15) is 24.1 Å². The first-order valence-corrected chi connectivity index (χ1v) is 9.48. The average molecular weight is 405 g/mol. The van der Waals surface area contributed by atoms with E-state index in [9.17, 15) is 14.0 Å². The van der Waals surface area contributed by atoms with Gasteiger partial charge in [0.2, 0.25) is 5.91 Å². The van der Waals surface area contributed by atoms with Gasteiger partial charge in [-0.25, -0.2) is 14.1 Å². The summed E-state index contributed by atoms with van der Waals surface area (Å²) in [4.78, 5) is 29.6. The Morgan fingerprint density at radius 2 is 1.90 bits per heavy atom. The first kappa shape index (κ1) is 19.5. The number of hydrogen-bond acceptors (Lipinski definition) is 4. The Morgan fingerprint density at radius 1 is 1.17 bits per heavy atom. The summed E-state index contributed by atoms with van der Waals surface area (Å²) in [5.74, 6) is -0.656. The Kier molecular flexibility index (Phi) is 5.14. The van der Waals surface area contributed by atoms with Crippen molar-refractivity contribution in [3.63, 3.8) is 0 Å². The zero-order valence-corrected chi connectivity index (χ0v) is 16.5. The molecule has 1 N–H and O–H groups in total. The third-order valence-electron chi connectivity index (χ3n) is 4.97. The molecule has 30 heavy (non-hydrogen) atoms. The monoisotopic (exact) mass is 405 g/mol. The fraction of sp³-hybridized carbons (Fsp3) is 0.182. The normalized spacial score (nSPS) is 12.1. The molecule has 2 aromatic heterocycles. The van der Waals surface area contributed by atoms with E-state index < -0.39 is 0 Å². The van der Waals surface area contributed by atoms with Crippen LogP contribution in [0.25, 0.3) is 16.7 Å². The molecule has 0 aliphatic carbocycles. The summed E-state index contributed by atoms with van der Waals surface area (Å²) in [6.07, 6.45) is 2.72. The van der Waals surface area contributed by atoms with E-state index in [2.05, 4.69) is 15.4 Å². The lowest BCUT2D eigenvalue weighted by molar-refractivity contribution is -0.122. The van der Waals surface area contributed by atoms with Crippen LogP contribution in [0.15, 0.2) is 65.8 Å². The molecule has 0 saturated heterocycles. The maximum Gasteiger partial charge on any atom is 0.264 e. The van der Waals surface area contributed by atoms with Gasteiger partial charge in [-0.1, -0.05) is 24.3 Å². The Bertz CT molecular complexity index is 1280. The zero-order valence-electron chi connectivity index (χ0n) is 16.5. The molecule has 4 aromatic rings. The smallest absolute Gasteiger partial charge is 0.264 e. The minimum absolute atomic E-state index is 0.153. The largest absolute Gasteiger partial charge is 0.348 e. The van der Waals surface area contributed by atoms with Crippen molar-refractivity contribution in [1.82, 2.24) is 24.6 Å². The van der Waals surface area contributed by atoms with E-state index in [0.29, 0.717) is 11.3 Å². The molecular weight excluding hydrogens is 385 g/mol. The number of carbonyl (C=O) groups excluding carboxylic acids is 1. The molecule has 2 aromatic carbocycles. The number of carbonyl (C=O) groups is 1. The lowest BCUT2D eigenvalue weighted by Crippen LogP contribution is -2.34. The number of aromatic nitrogens is 4. The maximum absolute atomic E-state index is 13.2. The lowest BCUT2D eigenvalue weighted by atomic mass is 10.0. The van der Waals surface area contributed by atoms with E-state index in [-0.39, 0.29) is 35.3 Å². The van der Waals surface area contributed by atoms with E-state index in [4.69, 9.17) is 0 Å². The van der Waals surface area contributed by atoms with Crippen LogP contribution in [0.3, 0.4) is 0 Å². The highest BCUT2D eigenvalue weighted by Crippen LogP contribution is 2.17. The van der Waals surface area contributed by atoms with Crippen molar-refractivity contribution in [1.29, 1.82) is 0 Å². The molecule has 0 saturated carbocycles. The molecule has 1 atom stereocenters. The number of hydrogen-bond donors (Lipinski definition) is 1. The molecule has 0 aliphatic rings. The van der Waals surface area contributed by atoms with Crippen LogP contribution in [-0.4, -0.2) is 25.2 Å². The molecule has 4 rings (SSSR count). The van der Waals surface area contributed by atoms with Gasteiger partial charge in [0.05, 0.1) is 17.9 Å². The van der Waals surface area contributed by atoms with E-state index in [1.807, 2.05) is 38.1 Å². The summed E-state index contributed by atoms with van der Waals surface area (Å²) in [7, 11) is 0.